The molecular formula is C17H22N2O2. The second-order valence-electron chi connectivity index (χ2n) is 5.70. The first kappa shape index (κ1) is 14.1. The Labute approximate surface area is 125 Å². The smallest absolute Gasteiger partial charge is 0.222 e. The number of aryl methyl sites for hydroxylation is 1. The van der Waals surface area contributed by atoms with Crippen molar-refractivity contribution in [3.8, 4) is 0 Å². The molecule has 0 spiro atoms. The van der Waals surface area contributed by atoms with Crippen molar-refractivity contribution in [3.63, 3.8) is 0 Å². The van der Waals surface area contributed by atoms with Crippen LogP contribution in [0.4, 0.5) is 0 Å². The lowest BCUT2D eigenvalue weighted by molar-refractivity contribution is -0.130. The maximum Gasteiger partial charge on any atom is 0.222 e. The first-order valence-corrected chi connectivity index (χ1v) is 7.63. The van der Waals surface area contributed by atoms with Gasteiger partial charge in [0.1, 0.15) is 0 Å². The minimum absolute atomic E-state index is 0.225. The van der Waals surface area contributed by atoms with E-state index in [1.807, 2.05) is 11.0 Å². The van der Waals surface area contributed by atoms with E-state index in [1.165, 1.54) is 16.5 Å². The first-order valence-electron chi connectivity index (χ1n) is 7.63. The molecule has 1 fully saturated rings. The van der Waals surface area contributed by atoms with Crippen molar-refractivity contribution in [3.05, 3.63) is 36.0 Å². The third-order valence-electron chi connectivity index (χ3n) is 4.34. The number of para-hydroxylation sites is 1. The van der Waals surface area contributed by atoms with Gasteiger partial charge in [-0.05, 0) is 30.9 Å². The summed E-state index contributed by atoms with van der Waals surface area (Å²) in [6, 6.07) is 8.30. The number of nitrogens with one attached hydrogen (secondary N) is 1. The largest absolute Gasteiger partial charge is 0.380 e. The standard InChI is InChI=1S/C17H22N2O2/c1-21-14-9-10-19(12-14)17(20)8-4-5-13-11-18-16-7-3-2-6-15(13)16/h2-3,6-7,11,14,18H,4-5,8-10,12H2,1H3. The van der Waals surface area contributed by atoms with Gasteiger partial charge in [0, 0.05) is 43.7 Å². The topological polar surface area (TPSA) is 45.3 Å². The van der Waals surface area contributed by atoms with E-state index in [-0.39, 0.29) is 12.0 Å². The number of nitrogens with zero attached hydrogens (tertiary/aromatic N) is 1. The van der Waals surface area contributed by atoms with Gasteiger partial charge in [-0.3, -0.25) is 4.79 Å². The van der Waals surface area contributed by atoms with Gasteiger partial charge in [0.05, 0.1) is 6.10 Å². The Hall–Kier alpha value is -1.81. The van der Waals surface area contributed by atoms with Crippen LogP contribution < -0.4 is 0 Å². The molecule has 4 heteroatoms. The minimum atomic E-state index is 0.225. The Morgan fingerprint density at radius 3 is 3.10 bits per heavy atom. The summed E-state index contributed by atoms with van der Waals surface area (Å²) >= 11 is 0. The summed E-state index contributed by atoms with van der Waals surface area (Å²) in [4.78, 5) is 17.4. The zero-order valence-electron chi connectivity index (χ0n) is 12.5. The zero-order valence-corrected chi connectivity index (χ0v) is 12.5. The highest BCUT2D eigenvalue weighted by molar-refractivity contribution is 5.83. The molecular weight excluding hydrogens is 264 g/mol. The summed E-state index contributed by atoms with van der Waals surface area (Å²) in [5.41, 5.74) is 2.47. The summed E-state index contributed by atoms with van der Waals surface area (Å²) in [6.07, 6.45) is 5.71. The predicted molar refractivity (Wildman–Crippen MR) is 83.2 cm³/mol. The lowest BCUT2D eigenvalue weighted by Gasteiger charge is -2.15. The number of fused-ring (bicyclic) bond motifs is 1. The molecule has 1 amide bonds. The van der Waals surface area contributed by atoms with Crippen LogP contribution in [0.2, 0.25) is 0 Å². The van der Waals surface area contributed by atoms with Crippen LogP contribution in [0.3, 0.4) is 0 Å². The SMILES string of the molecule is COC1CCN(C(=O)CCCc2c[nH]c3ccccc23)C1. The number of hydrogen-bond acceptors (Lipinski definition) is 2. The number of H-pyrrole nitrogens is 1. The zero-order chi connectivity index (χ0) is 14.7. The Morgan fingerprint density at radius 1 is 1.43 bits per heavy atom. The number of likely N-dealkylation sites (tertiary alicyclic amines) is 1. The number of methoxy groups -OCH3 is 1. The fourth-order valence-electron chi connectivity index (χ4n) is 3.07. The van der Waals surface area contributed by atoms with Crippen LogP contribution in [0.15, 0.2) is 30.5 Å². The molecule has 0 aliphatic carbocycles. The molecule has 1 aromatic heterocycles. The van der Waals surface area contributed by atoms with Gasteiger partial charge in [0.2, 0.25) is 5.91 Å². The maximum atomic E-state index is 12.2. The number of ether oxygens (including phenoxy) is 1. The first-order chi connectivity index (χ1) is 10.3. The molecule has 21 heavy (non-hydrogen) atoms. The fourth-order valence-corrected chi connectivity index (χ4v) is 3.07. The third-order valence-corrected chi connectivity index (χ3v) is 4.34. The van der Waals surface area contributed by atoms with Crippen molar-refractivity contribution in [2.45, 2.75) is 31.8 Å². The molecule has 1 N–H and O–H groups in total. The molecule has 0 bridgehead atoms. The summed E-state index contributed by atoms with van der Waals surface area (Å²) in [5, 5.41) is 1.27. The monoisotopic (exact) mass is 286 g/mol. The molecule has 1 aliphatic heterocycles. The van der Waals surface area contributed by atoms with Crippen LogP contribution in [-0.4, -0.2) is 42.1 Å². The number of aromatic nitrogens is 1. The molecule has 4 nitrogen and oxygen atoms in total. The van der Waals surface area contributed by atoms with Gasteiger partial charge in [-0.25, -0.2) is 0 Å². The maximum absolute atomic E-state index is 12.2. The molecule has 1 atom stereocenters. The highest BCUT2D eigenvalue weighted by Crippen LogP contribution is 2.20. The van der Waals surface area contributed by atoms with E-state index < -0.39 is 0 Å². The van der Waals surface area contributed by atoms with Gasteiger partial charge in [-0.1, -0.05) is 18.2 Å². The van der Waals surface area contributed by atoms with Gasteiger partial charge in [0.15, 0.2) is 0 Å². The Bertz CT molecular complexity index is 620. The van der Waals surface area contributed by atoms with Crippen LogP contribution in [0, 0.1) is 0 Å². The molecule has 3 rings (SSSR count). The Morgan fingerprint density at radius 2 is 2.29 bits per heavy atom. The second kappa shape index (κ2) is 6.31. The molecule has 1 aromatic carbocycles. The van der Waals surface area contributed by atoms with Crippen molar-refractivity contribution in [1.29, 1.82) is 0 Å². The lowest BCUT2D eigenvalue weighted by atomic mass is 10.1. The number of carbonyl (C=O) groups excluding carboxylic acids is 1. The van der Waals surface area contributed by atoms with E-state index in [2.05, 4.69) is 29.4 Å². The van der Waals surface area contributed by atoms with Crippen molar-refractivity contribution in [1.82, 2.24) is 9.88 Å². The number of benzene rings is 1. The van der Waals surface area contributed by atoms with Gasteiger partial charge in [0.25, 0.3) is 0 Å². The van der Waals surface area contributed by atoms with Crippen molar-refractivity contribution >= 4 is 16.8 Å². The van der Waals surface area contributed by atoms with Crippen molar-refractivity contribution in [2.75, 3.05) is 20.2 Å². The molecule has 1 saturated heterocycles. The highest BCUT2D eigenvalue weighted by Gasteiger charge is 2.25. The van der Waals surface area contributed by atoms with Crippen molar-refractivity contribution in [2.24, 2.45) is 0 Å². The van der Waals surface area contributed by atoms with Crippen LogP contribution in [-0.2, 0) is 16.0 Å². The summed E-state index contributed by atoms with van der Waals surface area (Å²) in [6.45, 7) is 1.59. The molecule has 2 heterocycles. The Kier molecular flexibility index (Phi) is 4.25. The lowest BCUT2D eigenvalue weighted by Crippen LogP contribution is -2.29. The van der Waals surface area contributed by atoms with Gasteiger partial charge in [-0.2, -0.15) is 0 Å². The van der Waals surface area contributed by atoms with E-state index in [1.54, 1.807) is 7.11 Å². The molecule has 0 radical (unpaired) electrons. The van der Waals surface area contributed by atoms with Crippen LogP contribution in [0.1, 0.15) is 24.8 Å². The van der Waals surface area contributed by atoms with E-state index >= 15 is 0 Å². The fraction of sp³-hybridized carbons (Fsp3) is 0.471. The highest BCUT2D eigenvalue weighted by atomic mass is 16.5. The van der Waals surface area contributed by atoms with Gasteiger partial charge < -0.3 is 14.6 Å². The van der Waals surface area contributed by atoms with Gasteiger partial charge in [-0.15, -0.1) is 0 Å². The van der Waals surface area contributed by atoms with E-state index in [0.717, 1.165) is 32.4 Å². The van der Waals surface area contributed by atoms with Crippen LogP contribution in [0.5, 0.6) is 0 Å². The summed E-state index contributed by atoms with van der Waals surface area (Å²) < 4.78 is 5.31. The third kappa shape index (κ3) is 3.10. The summed E-state index contributed by atoms with van der Waals surface area (Å²) in [5.74, 6) is 0.259. The second-order valence-corrected chi connectivity index (χ2v) is 5.70. The number of amides is 1. The number of hydrogen-bond donors (Lipinski definition) is 1. The van der Waals surface area contributed by atoms with E-state index in [9.17, 15) is 4.79 Å². The molecule has 1 unspecified atom stereocenters. The van der Waals surface area contributed by atoms with Crippen LogP contribution in [0.25, 0.3) is 10.9 Å². The average Bonchev–Trinajstić information content (AvgIpc) is 3.14. The van der Waals surface area contributed by atoms with Gasteiger partial charge >= 0.3 is 0 Å². The number of carbonyl (C=O) groups is 1. The number of aromatic amines is 1. The Balaban J connectivity index is 1.51. The van der Waals surface area contributed by atoms with E-state index in [4.69, 9.17) is 4.74 Å². The predicted octanol–water partition coefficient (Wildman–Crippen LogP) is 2.74. The average molecular weight is 286 g/mol. The molecule has 1 aliphatic rings. The molecule has 2 aromatic rings. The van der Waals surface area contributed by atoms with Crippen LogP contribution >= 0.6 is 0 Å². The summed E-state index contributed by atoms with van der Waals surface area (Å²) in [7, 11) is 1.72. The number of rotatable bonds is 5. The molecule has 0 saturated carbocycles. The minimum Gasteiger partial charge on any atom is -0.380 e. The van der Waals surface area contributed by atoms with Crippen molar-refractivity contribution < 1.29 is 9.53 Å². The normalized spacial score (nSPS) is 18.5. The van der Waals surface area contributed by atoms with E-state index in [0.29, 0.717) is 6.42 Å². The quantitative estimate of drug-likeness (QED) is 0.918. The molecule has 112 valence electrons.